The van der Waals surface area contributed by atoms with Crippen LogP contribution in [0.4, 0.5) is 5.69 Å². The lowest BCUT2D eigenvalue weighted by molar-refractivity contribution is 0.0619. The maximum Gasteiger partial charge on any atom is 0.251 e. The van der Waals surface area contributed by atoms with E-state index in [1.807, 2.05) is 39.0 Å². The third-order valence-corrected chi connectivity index (χ3v) is 6.98. The first-order chi connectivity index (χ1) is 13.5. The summed E-state index contributed by atoms with van der Waals surface area (Å²) in [5, 5.41) is 3.11. The molecule has 0 unspecified atom stereocenters. The Labute approximate surface area is 172 Å². The van der Waals surface area contributed by atoms with E-state index in [-0.39, 0.29) is 23.3 Å². The Kier molecular flexibility index (Phi) is 5.63. The van der Waals surface area contributed by atoms with Gasteiger partial charge < -0.3 is 10.1 Å². The summed E-state index contributed by atoms with van der Waals surface area (Å²) in [6.45, 7) is 7.63. The molecule has 0 bridgehead atoms. The minimum absolute atomic E-state index is 0.0180. The lowest BCUT2D eigenvalue weighted by Crippen LogP contribution is -2.41. The van der Waals surface area contributed by atoms with E-state index >= 15 is 0 Å². The van der Waals surface area contributed by atoms with Crippen molar-refractivity contribution < 1.29 is 17.9 Å². The Morgan fingerprint density at radius 3 is 2.48 bits per heavy atom. The van der Waals surface area contributed by atoms with E-state index in [1.165, 1.54) is 11.4 Å². The van der Waals surface area contributed by atoms with Crippen LogP contribution in [-0.2, 0) is 10.0 Å². The van der Waals surface area contributed by atoms with Gasteiger partial charge in [0, 0.05) is 24.6 Å². The molecule has 2 aromatic rings. The van der Waals surface area contributed by atoms with Gasteiger partial charge in [0.2, 0.25) is 10.0 Å². The molecule has 0 fully saturated rings. The summed E-state index contributed by atoms with van der Waals surface area (Å²) in [5.74, 6) is 0.607. The molecule has 1 aliphatic heterocycles. The number of fused-ring (bicyclic) bond motifs is 1. The number of ether oxygens (including phenoxy) is 1. The van der Waals surface area contributed by atoms with Crippen LogP contribution in [0.1, 0.15) is 54.7 Å². The number of sulfonamides is 1. The van der Waals surface area contributed by atoms with Gasteiger partial charge in [-0.2, -0.15) is 0 Å². The van der Waals surface area contributed by atoms with Crippen LogP contribution in [0.25, 0.3) is 0 Å². The highest BCUT2D eigenvalue weighted by molar-refractivity contribution is 7.92. The molecule has 0 aliphatic carbocycles. The van der Waals surface area contributed by atoms with Gasteiger partial charge in [-0.1, -0.05) is 17.7 Å². The number of nitrogens with one attached hydrogen (secondary N) is 1. The van der Waals surface area contributed by atoms with Crippen LogP contribution >= 0.6 is 0 Å². The average Bonchev–Trinajstić information content (AvgIpc) is 2.67. The first kappa shape index (κ1) is 21.2. The van der Waals surface area contributed by atoms with Crippen LogP contribution < -0.4 is 14.4 Å². The Bertz CT molecular complexity index is 1010. The second-order valence-electron chi connectivity index (χ2n) is 8.05. The number of hydrogen-bond acceptors (Lipinski definition) is 4. The Morgan fingerprint density at radius 2 is 1.86 bits per heavy atom. The maximum absolute atomic E-state index is 12.9. The fraction of sp³-hybridized carbons (Fsp3) is 0.409. The van der Waals surface area contributed by atoms with Crippen molar-refractivity contribution in [2.45, 2.75) is 45.8 Å². The third kappa shape index (κ3) is 4.56. The van der Waals surface area contributed by atoms with E-state index in [1.54, 1.807) is 31.2 Å². The van der Waals surface area contributed by atoms with Gasteiger partial charge in [0.05, 0.1) is 17.5 Å². The smallest absolute Gasteiger partial charge is 0.251 e. The molecule has 1 aliphatic rings. The summed E-state index contributed by atoms with van der Waals surface area (Å²) in [7, 11) is -1.83. The average molecular weight is 417 g/mol. The molecule has 1 heterocycles. The Hall–Kier alpha value is -2.54. The first-order valence-corrected chi connectivity index (χ1v) is 11.3. The maximum atomic E-state index is 12.9. The minimum atomic E-state index is -3.34. The highest BCUT2D eigenvalue weighted by atomic mass is 32.2. The molecule has 29 heavy (non-hydrogen) atoms. The predicted molar refractivity (Wildman–Crippen MR) is 115 cm³/mol. The van der Waals surface area contributed by atoms with Crippen LogP contribution in [0.3, 0.4) is 0 Å². The fourth-order valence-electron chi connectivity index (χ4n) is 3.52. The number of amides is 1. The largest absolute Gasteiger partial charge is 0.487 e. The van der Waals surface area contributed by atoms with E-state index in [0.717, 1.165) is 16.9 Å². The number of hydrogen-bond donors (Lipinski definition) is 1. The normalized spacial score (nSPS) is 17.8. The molecule has 0 radical (unpaired) electrons. The van der Waals surface area contributed by atoms with E-state index in [0.29, 0.717) is 17.7 Å². The second-order valence-corrected chi connectivity index (χ2v) is 10.3. The molecule has 0 saturated carbocycles. The van der Waals surface area contributed by atoms with Gasteiger partial charge in [0.15, 0.2) is 0 Å². The molecule has 3 rings (SSSR count). The second kappa shape index (κ2) is 7.71. The zero-order valence-corrected chi connectivity index (χ0v) is 18.3. The van der Waals surface area contributed by atoms with Crippen molar-refractivity contribution >= 4 is 21.6 Å². The third-order valence-electron chi connectivity index (χ3n) is 5.20. The molecule has 0 aromatic heterocycles. The van der Waals surface area contributed by atoms with Gasteiger partial charge >= 0.3 is 0 Å². The summed E-state index contributed by atoms with van der Waals surface area (Å²) in [6.07, 6.45) is 0.657. The SMILES string of the molecule is CCS(=O)(=O)N(C)c1ccc(C(=O)N[C@H]2CC(C)(C)Oc3ccc(C)cc32)cc1. The van der Waals surface area contributed by atoms with Gasteiger partial charge in [-0.05, 0) is 58.0 Å². The Morgan fingerprint density at radius 1 is 1.21 bits per heavy atom. The number of aryl methyl sites for hydroxylation is 1. The van der Waals surface area contributed by atoms with E-state index in [2.05, 4.69) is 5.32 Å². The summed E-state index contributed by atoms with van der Waals surface area (Å²) in [5.41, 5.74) is 2.70. The fourth-order valence-corrected chi connectivity index (χ4v) is 4.35. The number of nitrogens with zero attached hydrogens (tertiary/aromatic N) is 1. The van der Waals surface area contributed by atoms with Gasteiger partial charge in [-0.25, -0.2) is 8.42 Å². The van der Waals surface area contributed by atoms with E-state index in [4.69, 9.17) is 4.74 Å². The number of benzene rings is 2. The van der Waals surface area contributed by atoms with Crippen molar-refractivity contribution in [3.8, 4) is 5.75 Å². The van der Waals surface area contributed by atoms with Gasteiger partial charge in [-0.3, -0.25) is 9.10 Å². The monoisotopic (exact) mass is 416 g/mol. The van der Waals surface area contributed by atoms with Crippen molar-refractivity contribution in [1.82, 2.24) is 5.32 Å². The van der Waals surface area contributed by atoms with Crippen LogP contribution in [0.15, 0.2) is 42.5 Å². The zero-order chi connectivity index (χ0) is 21.4. The first-order valence-electron chi connectivity index (χ1n) is 9.69. The van der Waals surface area contributed by atoms with Gasteiger partial charge in [-0.15, -0.1) is 0 Å². The topological polar surface area (TPSA) is 75.7 Å². The number of carbonyl (C=O) groups excluding carboxylic acids is 1. The van der Waals surface area contributed by atoms with Crippen LogP contribution in [0, 0.1) is 6.92 Å². The zero-order valence-electron chi connectivity index (χ0n) is 17.5. The van der Waals surface area contributed by atoms with Crippen LogP contribution in [0.5, 0.6) is 5.75 Å². The summed E-state index contributed by atoms with van der Waals surface area (Å²) >= 11 is 0. The lowest BCUT2D eigenvalue weighted by Gasteiger charge is -2.38. The molecule has 156 valence electrons. The minimum Gasteiger partial charge on any atom is -0.487 e. The summed E-state index contributed by atoms with van der Waals surface area (Å²) in [4.78, 5) is 12.9. The van der Waals surface area contributed by atoms with Crippen molar-refractivity contribution in [2.75, 3.05) is 17.1 Å². The molecule has 1 N–H and O–H groups in total. The molecular formula is C22H28N2O4S. The number of rotatable bonds is 5. The van der Waals surface area contributed by atoms with Gasteiger partial charge in [0.1, 0.15) is 11.4 Å². The molecule has 7 heteroatoms. The quantitative estimate of drug-likeness (QED) is 0.804. The Balaban J connectivity index is 1.81. The highest BCUT2D eigenvalue weighted by Crippen LogP contribution is 2.40. The standard InChI is InChI=1S/C22H28N2O4S/c1-6-29(26,27)24(5)17-10-8-16(9-11-17)21(25)23-19-14-22(3,4)28-20-12-7-15(2)13-18(19)20/h7-13,19H,6,14H2,1-5H3,(H,23,25)/t19-/m0/s1. The highest BCUT2D eigenvalue weighted by Gasteiger charge is 2.34. The molecule has 1 amide bonds. The molecule has 2 aromatic carbocycles. The molecule has 0 spiro atoms. The van der Waals surface area contributed by atoms with Crippen molar-refractivity contribution in [3.05, 3.63) is 59.2 Å². The van der Waals surface area contributed by atoms with Gasteiger partial charge in [0.25, 0.3) is 5.91 Å². The lowest BCUT2D eigenvalue weighted by atomic mass is 9.88. The number of carbonyl (C=O) groups is 1. The summed E-state index contributed by atoms with van der Waals surface area (Å²) in [6, 6.07) is 12.4. The molecule has 1 atom stereocenters. The molecular weight excluding hydrogens is 388 g/mol. The van der Waals surface area contributed by atoms with E-state index < -0.39 is 10.0 Å². The predicted octanol–water partition coefficient (Wildman–Crippen LogP) is 3.81. The molecule has 0 saturated heterocycles. The van der Waals surface area contributed by atoms with Crippen LogP contribution in [-0.4, -0.2) is 32.7 Å². The number of anilines is 1. The summed E-state index contributed by atoms with van der Waals surface area (Å²) < 4.78 is 31.3. The molecule has 6 nitrogen and oxygen atoms in total. The van der Waals surface area contributed by atoms with Crippen molar-refractivity contribution in [1.29, 1.82) is 0 Å². The van der Waals surface area contributed by atoms with E-state index in [9.17, 15) is 13.2 Å². The van der Waals surface area contributed by atoms with Crippen molar-refractivity contribution in [2.24, 2.45) is 0 Å². The van der Waals surface area contributed by atoms with Crippen LogP contribution in [0.2, 0.25) is 0 Å². The van der Waals surface area contributed by atoms with Crippen molar-refractivity contribution in [3.63, 3.8) is 0 Å².